The molecular weight excluding hydrogens is 202 g/mol. The SMILES string of the molecule is CC1=C(C)C(C)C2(CC(=O)NC2=O)CC1C. The van der Waals surface area contributed by atoms with E-state index in [1.54, 1.807) is 0 Å². The van der Waals surface area contributed by atoms with Gasteiger partial charge < -0.3 is 0 Å². The van der Waals surface area contributed by atoms with E-state index in [0.29, 0.717) is 12.3 Å². The van der Waals surface area contributed by atoms with Gasteiger partial charge in [0.25, 0.3) is 0 Å². The van der Waals surface area contributed by atoms with Crippen LogP contribution in [0.2, 0.25) is 0 Å². The minimum Gasteiger partial charge on any atom is -0.296 e. The minimum absolute atomic E-state index is 0.0660. The highest BCUT2D eigenvalue weighted by Crippen LogP contribution is 2.50. The van der Waals surface area contributed by atoms with Gasteiger partial charge in [-0.25, -0.2) is 0 Å². The molecule has 1 saturated heterocycles. The average Bonchev–Trinajstić information content (AvgIpc) is 2.49. The third-order valence-electron chi connectivity index (χ3n) is 4.69. The fourth-order valence-electron chi connectivity index (χ4n) is 3.20. The first kappa shape index (κ1) is 11.4. The van der Waals surface area contributed by atoms with E-state index in [1.807, 2.05) is 0 Å². The zero-order valence-corrected chi connectivity index (χ0v) is 10.4. The highest BCUT2D eigenvalue weighted by atomic mass is 16.2. The van der Waals surface area contributed by atoms with Crippen molar-refractivity contribution >= 4 is 11.8 Å². The second-order valence-corrected chi connectivity index (χ2v) is 5.40. The van der Waals surface area contributed by atoms with Crippen molar-refractivity contribution in [2.45, 2.75) is 40.5 Å². The van der Waals surface area contributed by atoms with E-state index in [1.165, 1.54) is 11.1 Å². The van der Waals surface area contributed by atoms with Crippen LogP contribution in [0.1, 0.15) is 40.5 Å². The zero-order valence-electron chi connectivity index (χ0n) is 10.4. The highest BCUT2D eigenvalue weighted by Gasteiger charge is 2.53. The van der Waals surface area contributed by atoms with Crippen molar-refractivity contribution in [1.29, 1.82) is 0 Å². The van der Waals surface area contributed by atoms with Crippen LogP contribution >= 0.6 is 0 Å². The largest absolute Gasteiger partial charge is 0.296 e. The van der Waals surface area contributed by atoms with Gasteiger partial charge in [0.2, 0.25) is 11.8 Å². The molecule has 0 radical (unpaired) electrons. The summed E-state index contributed by atoms with van der Waals surface area (Å²) in [6.45, 7) is 8.44. The molecule has 88 valence electrons. The average molecular weight is 221 g/mol. The smallest absolute Gasteiger partial charge is 0.233 e. The molecule has 1 spiro atoms. The molecule has 3 heteroatoms. The van der Waals surface area contributed by atoms with Crippen LogP contribution in [0.25, 0.3) is 0 Å². The molecule has 0 aromatic carbocycles. The maximum atomic E-state index is 12.0. The van der Waals surface area contributed by atoms with Crippen molar-refractivity contribution in [3.8, 4) is 0 Å². The molecule has 1 heterocycles. The van der Waals surface area contributed by atoms with Crippen molar-refractivity contribution in [2.75, 3.05) is 0 Å². The van der Waals surface area contributed by atoms with Crippen LogP contribution in [0.3, 0.4) is 0 Å². The van der Waals surface area contributed by atoms with E-state index < -0.39 is 5.41 Å². The lowest BCUT2D eigenvalue weighted by Crippen LogP contribution is -2.42. The number of hydrogen-bond donors (Lipinski definition) is 1. The third-order valence-corrected chi connectivity index (χ3v) is 4.69. The van der Waals surface area contributed by atoms with Gasteiger partial charge in [-0.2, -0.15) is 0 Å². The predicted molar refractivity (Wildman–Crippen MR) is 61.5 cm³/mol. The summed E-state index contributed by atoms with van der Waals surface area (Å²) >= 11 is 0. The van der Waals surface area contributed by atoms with Gasteiger partial charge in [-0.05, 0) is 32.1 Å². The van der Waals surface area contributed by atoms with Gasteiger partial charge in [0.1, 0.15) is 0 Å². The summed E-state index contributed by atoms with van der Waals surface area (Å²) in [4.78, 5) is 23.4. The van der Waals surface area contributed by atoms with Gasteiger partial charge in [-0.3, -0.25) is 14.9 Å². The van der Waals surface area contributed by atoms with Crippen LogP contribution in [0, 0.1) is 17.3 Å². The Balaban J connectivity index is 2.45. The van der Waals surface area contributed by atoms with Gasteiger partial charge in [0.15, 0.2) is 0 Å². The molecule has 0 aromatic heterocycles. The van der Waals surface area contributed by atoms with E-state index in [0.717, 1.165) is 6.42 Å². The van der Waals surface area contributed by atoms with Gasteiger partial charge in [0.05, 0.1) is 5.41 Å². The number of hydrogen-bond acceptors (Lipinski definition) is 2. The minimum atomic E-state index is -0.472. The predicted octanol–water partition coefficient (Wildman–Crippen LogP) is 2.03. The molecule has 1 aliphatic carbocycles. The van der Waals surface area contributed by atoms with Crippen LogP contribution in [-0.4, -0.2) is 11.8 Å². The lowest BCUT2D eigenvalue weighted by atomic mass is 9.61. The normalized spacial score (nSPS) is 39.5. The summed E-state index contributed by atoms with van der Waals surface area (Å²) in [6, 6.07) is 0. The molecule has 3 nitrogen and oxygen atoms in total. The molecule has 0 saturated carbocycles. The number of nitrogens with one attached hydrogen (secondary N) is 1. The van der Waals surface area contributed by atoms with Crippen molar-refractivity contribution in [1.82, 2.24) is 5.32 Å². The maximum absolute atomic E-state index is 12.0. The van der Waals surface area contributed by atoms with Crippen molar-refractivity contribution in [2.24, 2.45) is 17.3 Å². The fourth-order valence-corrected chi connectivity index (χ4v) is 3.20. The van der Waals surface area contributed by atoms with Gasteiger partial charge in [-0.15, -0.1) is 0 Å². The van der Waals surface area contributed by atoms with E-state index in [-0.39, 0.29) is 17.7 Å². The monoisotopic (exact) mass is 221 g/mol. The number of amides is 2. The molecule has 2 rings (SSSR count). The third kappa shape index (κ3) is 1.34. The first-order valence-electron chi connectivity index (χ1n) is 5.90. The Hall–Kier alpha value is -1.12. The number of imide groups is 1. The van der Waals surface area contributed by atoms with Crippen molar-refractivity contribution < 1.29 is 9.59 Å². The Morgan fingerprint density at radius 2 is 1.81 bits per heavy atom. The van der Waals surface area contributed by atoms with Crippen molar-refractivity contribution in [3.63, 3.8) is 0 Å². The second-order valence-electron chi connectivity index (χ2n) is 5.40. The Labute approximate surface area is 96.3 Å². The molecule has 1 aliphatic heterocycles. The highest BCUT2D eigenvalue weighted by molar-refractivity contribution is 6.06. The van der Waals surface area contributed by atoms with Gasteiger partial charge >= 0.3 is 0 Å². The maximum Gasteiger partial charge on any atom is 0.233 e. The Morgan fingerprint density at radius 1 is 1.19 bits per heavy atom. The molecule has 1 fully saturated rings. The Kier molecular flexibility index (Phi) is 2.44. The van der Waals surface area contributed by atoms with E-state index in [4.69, 9.17) is 0 Å². The summed E-state index contributed by atoms with van der Waals surface area (Å²) in [5.74, 6) is 0.392. The fraction of sp³-hybridized carbons (Fsp3) is 0.692. The molecule has 3 atom stereocenters. The number of carbonyl (C=O) groups excluding carboxylic acids is 2. The van der Waals surface area contributed by atoms with Gasteiger partial charge in [-0.1, -0.05) is 25.0 Å². The summed E-state index contributed by atoms with van der Waals surface area (Å²) in [6.07, 6.45) is 1.16. The van der Waals surface area contributed by atoms with Crippen LogP contribution in [0.15, 0.2) is 11.1 Å². The van der Waals surface area contributed by atoms with Crippen LogP contribution in [0.4, 0.5) is 0 Å². The number of rotatable bonds is 0. The standard InChI is InChI=1S/C13H19NO2/c1-7-5-13(6-11(15)14-12(13)16)10(4)9(3)8(7)2/h7,10H,5-6H2,1-4H3,(H,14,15,16). The molecule has 2 amide bonds. The molecule has 1 N–H and O–H groups in total. The summed E-state index contributed by atoms with van der Waals surface area (Å²) in [5.41, 5.74) is 2.19. The topological polar surface area (TPSA) is 46.2 Å². The number of allylic oxidation sites excluding steroid dienone is 2. The van der Waals surface area contributed by atoms with E-state index in [9.17, 15) is 9.59 Å². The van der Waals surface area contributed by atoms with E-state index >= 15 is 0 Å². The van der Waals surface area contributed by atoms with Gasteiger partial charge in [0, 0.05) is 6.42 Å². The molecule has 16 heavy (non-hydrogen) atoms. The molecular formula is C13H19NO2. The lowest BCUT2D eigenvalue weighted by molar-refractivity contribution is -0.131. The quantitative estimate of drug-likeness (QED) is 0.502. The Morgan fingerprint density at radius 3 is 2.31 bits per heavy atom. The van der Waals surface area contributed by atoms with Crippen LogP contribution in [-0.2, 0) is 9.59 Å². The zero-order chi connectivity index (χ0) is 12.1. The molecule has 2 aliphatic rings. The first-order chi connectivity index (χ1) is 7.38. The van der Waals surface area contributed by atoms with Crippen molar-refractivity contribution in [3.05, 3.63) is 11.1 Å². The summed E-state index contributed by atoms with van der Waals surface area (Å²) in [7, 11) is 0. The van der Waals surface area contributed by atoms with E-state index in [2.05, 4.69) is 33.0 Å². The summed E-state index contributed by atoms with van der Waals surface area (Å²) in [5, 5.41) is 2.46. The molecule has 0 bridgehead atoms. The number of carbonyl (C=O) groups is 2. The second kappa shape index (κ2) is 3.44. The molecule has 0 aromatic rings. The first-order valence-corrected chi connectivity index (χ1v) is 5.90. The van der Waals surface area contributed by atoms with Crippen LogP contribution < -0.4 is 5.32 Å². The van der Waals surface area contributed by atoms with Crippen LogP contribution in [0.5, 0.6) is 0 Å². The lowest BCUT2D eigenvalue weighted by Gasteiger charge is -2.41. The molecule has 3 unspecified atom stereocenters. The summed E-state index contributed by atoms with van der Waals surface area (Å²) < 4.78 is 0. The Bertz CT molecular complexity index is 397.